The third-order valence-electron chi connectivity index (χ3n) is 2.94. The van der Waals surface area contributed by atoms with Crippen LogP contribution in [0.1, 0.15) is 6.42 Å². The number of rotatable bonds is 2. The lowest BCUT2D eigenvalue weighted by Gasteiger charge is -2.33. The van der Waals surface area contributed by atoms with Gasteiger partial charge in [-0.3, -0.25) is 4.90 Å². The van der Waals surface area contributed by atoms with Crippen LogP contribution in [-0.2, 0) is 4.74 Å². The van der Waals surface area contributed by atoms with E-state index in [1.54, 1.807) is 0 Å². The molecule has 0 spiro atoms. The van der Waals surface area contributed by atoms with E-state index in [2.05, 4.69) is 5.32 Å². The highest BCUT2D eigenvalue weighted by Gasteiger charge is 2.46. The Labute approximate surface area is 92.6 Å². The first-order valence-corrected chi connectivity index (χ1v) is 5.32. The Morgan fingerprint density at radius 1 is 1.44 bits per heavy atom. The molecule has 0 saturated carbocycles. The number of aliphatic hydroxyl groups is 3. The molecular weight excluding hydrogens is 216 g/mol. The number of hydrogen-bond acceptors (Lipinski definition) is 5. The van der Waals surface area contributed by atoms with Gasteiger partial charge in [0.15, 0.2) is 6.23 Å². The summed E-state index contributed by atoms with van der Waals surface area (Å²) in [5.74, 6) is 0. The second-order valence-electron chi connectivity index (χ2n) is 4.01. The summed E-state index contributed by atoms with van der Waals surface area (Å²) in [6, 6.07) is -0.318. The number of carbonyl (C=O) groups is 1. The van der Waals surface area contributed by atoms with Gasteiger partial charge in [0.2, 0.25) is 0 Å². The van der Waals surface area contributed by atoms with Crippen LogP contribution in [-0.4, -0.2) is 70.5 Å². The Bertz CT molecular complexity index is 275. The molecule has 16 heavy (non-hydrogen) atoms. The quantitative estimate of drug-likeness (QED) is 0.434. The van der Waals surface area contributed by atoms with Gasteiger partial charge in [0, 0.05) is 13.1 Å². The van der Waals surface area contributed by atoms with Crippen molar-refractivity contribution in [3.8, 4) is 0 Å². The lowest BCUT2D eigenvalue weighted by atomic mass is 10.1. The second-order valence-corrected chi connectivity index (χ2v) is 4.01. The molecule has 7 nitrogen and oxygen atoms in total. The first-order valence-electron chi connectivity index (χ1n) is 5.32. The first kappa shape index (κ1) is 11.6. The van der Waals surface area contributed by atoms with E-state index in [0.717, 1.165) is 6.42 Å². The zero-order valence-corrected chi connectivity index (χ0v) is 8.74. The molecule has 2 heterocycles. The number of nitrogens with one attached hydrogen (secondary N) is 1. The summed E-state index contributed by atoms with van der Waals surface area (Å²) >= 11 is 0. The van der Waals surface area contributed by atoms with Crippen LogP contribution in [0.4, 0.5) is 4.79 Å². The summed E-state index contributed by atoms with van der Waals surface area (Å²) < 4.78 is 5.26. The molecule has 2 fully saturated rings. The molecule has 7 heteroatoms. The third-order valence-corrected chi connectivity index (χ3v) is 2.94. The van der Waals surface area contributed by atoms with Crippen molar-refractivity contribution in [2.75, 3.05) is 19.7 Å². The van der Waals surface area contributed by atoms with Crippen molar-refractivity contribution in [1.29, 1.82) is 0 Å². The predicted molar refractivity (Wildman–Crippen MR) is 52.5 cm³/mol. The average Bonchev–Trinajstić information content (AvgIpc) is 2.57. The number of nitrogens with zero attached hydrogens (tertiary/aromatic N) is 1. The Hall–Kier alpha value is -0.890. The van der Waals surface area contributed by atoms with Crippen molar-refractivity contribution >= 4 is 6.03 Å². The standard InChI is InChI=1S/C9H16N2O5/c12-4-5-6(13)7(14)8(16-5)11-3-1-2-10-9(11)15/h5-8,12-14H,1-4H2,(H,10,15)/t5-,6+,7-,8-/m1/s1. The van der Waals surface area contributed by atoms with E-state index in [9.17, 15) is 15.0 Å². The Morgan fingerprint density at radius 2 is 2.19 bits per heavy atom. The predicted octanol–water partition coefficient (Wildman–Crippen LogP) is -2.16. The Morgan fingerprint density at radius 3 is 2.75 bits per heavy atom. The van der Waals surface area contributed by atoms with Gasteiger partial charge in [0.05, 0.1) is 6.61 Å². The first-order chi connectivity index (χ1) is 7.65. The molecule has 92 valence electrons. The maximum atomic E-state index is 11.5. The fourth-order valence-electron chi connectivity index (χ4n) is 2.03. The van der Waals surface area contributed by atoms with E-state index in [1.165, 1.54) is 4.90 Å². The van der Waals surface area contributed by atoms with E-state index in [4.69, 9.17) is 9.84 Å². The van der Waals surface area contributed by atoms with Crippen LogP contribution in [0.15, 0.2) is 0 Å². The summed E-state index contributed by atoms with van der Waals surface area (Å²) in [6.07, 6.45) is -3.30. The van der Waals surface area contributed by atoms with Crippen LogP contribution in [0.3, 0.4) is 0 Å². The fourth-order valence-corrected chi connectivity index (χ4v) is 2.03. The molecule has 2 aliphatic heterocycles. The largest absolute Gasteiger partial charge is 0.394 e. The van der Waals surface area contributed by atoms with Crippen LogP contribution < -0.4 is 5.32 Å². The molecule has 2 saturated heterocycles. The number of carbonyl (C=O) groups excluding carboxylic acids is 1. The summed E-state index contributed by atoms with van der Waals surface area (Å²) in [5.41, 5.74) is 0. The highest BCUT2D eigenvalue weighted by atomic mass is 16.6. The van der Waals surface area contributed by atoms with Crippen LogP contribution >= 0.6 is 0 Å². The molecule has 0 aromatic heterocycles. The highest BCUT2D eigenvalue weighted by Crippen LogP contribution is 2.24. The van der Waals surface area contributed by atoms with Crippen LogP contribution in [0.5, 0.6) is 0 Å². The number of hydrogen-bond donors (Lipinski definition) is 4. The van der Waals surface area contributed by atoms with E-state index >= 15 is 0 Å². The molecular formula is C9H16N2O5. The van der Waals surface area contributed by atoms with Crippen LogP contribution in [0, 0.1) is 0 Å². The van der Waals surface area contributed by atoms with Crippen molar-refractivity contribution in [3.63, 3.8) is 0 Å². The lowest BCUT2D eigenvalue weighted by molar-refractivity contribution is -0.0818. The third kappa shape index (κ3) is 1.86. The smallest absolute Gasteiger partial charge is 0.319 e. The van der Waals surface area contributed by atoms with Crippen molar-refractivity contribution in [1.82, 2.24) is 10.2 Å². The molecule has 0 aromatic rings. The van der Waals surface area contributed by atoms with Crippen molar-refractivity contribution in [2.45, 2.75) is 31.0 Å². The van der Waals surface area contributed by atoms with E-state index in [1.807, 2.05) is 0 Å². The van der Waals surface area contributed by atoms with Gasteiger partial charge in [0.1, 0.15) is 18.3 Å². The molecule has 0 bridgehead atoms. The zero-order valence-electron chi connectivity index (χ0n) is 8.74. The van der Waals surface area contributed by atoms with Gasteiger partial charge in [-0.2, -0.15) is 0 Å². The van der Waals surface area contributed by atoms with Crippen LogP contribution in [0.2, 0.25) is 0 Å². The Balaban J connectivity index is 2.06. The topological polar surface area (TPSA) is 102 Å². The minimum absolute atomic E-state index is 0.318. The second kappa shape index (κ2) is 4.54. The van der Waals surface area contributed by atoms with Crippen molar-refractivity contribution < 1.29 is 24.9 Å². The molecule has 4 atom stereocenters. The van der Waals surface area contributed by atoms with E-state index in [-0.39, 0.29) is 12.6 Å². The molecule has 0 radical (unpaired) electrons. The molecule has 0 aromatic carbocycles. The SMILES string of the molecule is O=C1NCCCN1[C@@H]1O[C@H](CO)[C@H](O)[C@H]1O. The lowest BCUT2D eigenvalue weighted by Crippen LogP contribution is -2.54. The minimum Gasteiger partial charge on any atom is -0.394 e. The zero-order chi connectivity index (χ0) is 11.7. The summed E-state index contributed by atoms with van der Waals surface area (Å²) in [7, 11) is 0. The molecule has 4 N–H and O–H groups in total. The number of amides is 2. The van der Waals surface area contributed by atoms with Crippen molar-refractivity contribution in [3.05, 3.63) is 0 Å². The van der Waals surface area contributed by atoms with Crippen molar-refractivity contribution in [2.24, 2.45) is 0 Å². The molecule has 2 amide bonds. The molecule has 0 aliphatic carbocycles. The molecule has 0 unspecified atom stereocenters. The van der Waals surface area contributed by atoms with Gasteiger partial charge < -0.3 is 25.4 Å². The molecule has 2 rings (SSSR count). The van der Waals surface area contributed by atoms with Gasteiger partial charge in [-0.05, 0) is 6.42 Å². The maximum absolute atomic E-state index is 11.5. The highest BCUT2D eigenvalue weighted by molar-refractivity contribution is 5.75. The summed E-state index contributed by atoms with van der Waals surface area (Å²) in [4.78, 5) is 12.8. The van der Waals surface area contributed by atoms with Gasteiger partial charge in [0.25, 0.3) is 0 Å². The molecule has 2 aliphatic rings. The van der Waals surface area contributed by atoms with Gasteiger partial charge in [-0.1, -0.05) is 0 Å². The maximum Gasteiger partial charge on any atom is 0.319 e. The Kier molecular flexibility index (Phi) is 3.29. The number of aliphatic hydroxyl groups excluding tert-OH is 3. The normalized spacial score (nSPS) is 39.9. The minimum atomic E-state index is -1.18. The summed E-state index contributed by atoms with van der Waals surface area (Å²) in [5, 5.41) is 30.8. The van der Waals surface area contributed by atoms with Gasteiger partial charge in [-0.25, -0.2) is 4.79 Å². The van der Waals surface area contributed by atoms with Gasteiger partial charge >= 0.3 is 6.03 Å². The van der Waals surface area contributed by atoms with E-state index < -0.39 is 24.5 Å². The van der Waals surface area contributed by atoms with E-state index in [0.29, 0.717) is 13.1 Å². The number of urea groups is 1. The fraction of sp³-hybridized carbons (Fsp3) is 0.889. The summed E-state index contributed by atoms with van der Waals surface area (Å²) in [6.45, 7) is 0.687. The monoisotopic (exact) mass is 232 g/mol. The van der Waals surface area contributed by atoms with Crippen LogP contribution in [0.25, 0.3) is 0 Å². The number of ether oxygens (including phenoxy) is 1. The average molecular weight is 232 g/mol. The van der Waals surface area contributed by atoms with Gasteiger partial charge in [-0.15, -0.1) is 0 Å².